The van der Waals surface area contributed by atoms with Gasteiger partial charge in [0, 0.05) is 5.92 Å². The largest absolute Gasteiger partial charge is 0.395 e. The molecule has 0 amide bonds. The van der Waals surface area contributed by atoms with Gasteiger partial charge in [-0.1, -0.05) is 30.7 Å². The zero-order valence-electron chi connectivity index (χ0n) is 6.64. The number of aliphatic hydroxyl groups excluding tert-OH is 1. The van der Waals surface area contributed by atoms with E-state index in [1.807, 2.05) is 0 Å². The Kier molecular flexibility index (Phi) is 3.06. The summed E-state index contributed by atoms with van der Waals surface area (Å²) in [4.78, 5) is 0. The van der Waals surface area contributed by atoms with Gasteiger partial charge in [-0.3, -0.25) is 0 Å². The molecule has 0 aliphatic heterocycles. The van der Waals surface area contributed by atoms with Gasteiger partial charge in [-0.15, -0.1) is 0 Å². The van der Waals surface area contributed by atoms with Gasteiger partial charge < -0.3 is 5.11 Å². The molecule has 3 heteroatoms. The summed E-state index contributed by atoms with van der Waals surface area (Å²) in [5, 5.41) is 8.86. The van der Waals surface area contributed by atoms with Gasteiger partial charge in [0.05, 0.1) is 11.6 Å². The van der Waals surface area contributed by atoms with Crippen molar-refractivity contribution in [3.63, 3.8) is 0 Å². The highest BCUT2D eigenvalue weighted by Crippen LogP contribution is 2.25. The second-order valence-corrected chi connectivity index (χ2v) is 2.92. The number of rotatable bonds is 2. The minimum Gasteiger partial charge on any atom is -0.395 e. The van der Waals surface area contributed by atoms with Crippen LogP contribution in [0.3, 0.4) is 0 Å². The van der Waals surface area contributed by atoms with Crippen LogP contribution in [0.15, 0.2) is 18.2 Å². The highest BCUT2D eigenvalue weighted by Gasteiger charge is 2.11. The lowest BCUT2D eigenvalue weighted by atomic mass is 10.0. The molecule has 1 radical (unpaired) electrons. The third-order valence-electron chi connectivity index (χ3n) is 1.65. The molecule has 0 atom stereocenters. The predicted molar refractivity (Wildman–Crippen MR) is 46.5 cm³/mol. The van der Waals surface area contributed by atoms with Crippen LogP contribution < -0.4 is 0 Å². The molecule has 1 aromatic carbocycles. The standard InChI is InChI=1S/C9H9ClFO/c1-6(5-12)7-3-2-4-8(11)9(7)10/h2-4,12H,5H2,1H3. The number of benzene rings is 1. The molecule has 0 aromatic heterocycles. The average molecular weight is 188 g/mol. The summed E-state index contributed by atoms with van der Waals surface area (Å²) in [6, 6.07) is 4.53. The molecule has 65 valence electrons. The van der Waals surface area contributed by atoms with Crippen molar-refractivity contribution in [3.05, 3.63) is 40.5 Å². The summed E-state index contributed by atoms with van der Waals surface area (Å²) >= 11 is 5.66. The maximum atomic E-state index is 12.8. The second kappa shape index (κ2) is 3.87. The Morgan fingerprint density at radius 2 is 2.25 bits per heavy atom. The van der Waals surface area contributed by atoms with Crippen LogP contribution in [-0.4, -0.2) is 11.7 Å². The van der Waals surface area contributed by atoms with Crippen molar-refractivity contribution in [1.29, 1.82) is 0 Å². The van der Waals surface area contributed by atoms with Crippen molar-refractivity contribution in [2.24, 2.45) is 0 Å². The van der Waals surface area contributed by atoms with Crippen molar-refractivity contribution in [2.45, 2.75) is 6.92 Å². The summed E-state index contributed by atoms with van der Waals surface area (Å²) in [5.41, 5.74) is 0.569. The molecular formula is C9H9ClFO. The molecule has 1 nitrogen and oxygen atoms in total. The van der Waals surface area contributed by atoms with E-state index in [0.717, 1.165) is 0 Å². The highest BCUT2D eigenvalue weighted by atomic mass is 35.5. The first-order chi connectivity index (χ1) is 5.66. The van der Waals surface area contributed by atoms with E-state index < -0.39 is 5.82 Å². The smallest absolute Gasteiger partial charge is 0.142 e. The third-order valence-corrected chi connectivity index (χ3v) is 2.03. The number of halogens is 2. The van der Waals surface area contributed by atoms with Crippen LogP contribution in [0.2, 0.25) is 5.02 Å². The molecule has 1 N–H and O–H groups in total. The van der Waals surface area contributed by atoms with Crippen LogP contribution in [0.4, 0.5) is 4.39 Å². The normalized spacial score (nSPS) is 10.8. The van der Waals surface area contributed by atoms with E-state index in [1.54, 1.807) is 19.1 Å². The predicted octanol–water partition coefficient (Wildman–Crippen LogP) is 2.41. The van der Waals surface area contributed by atoms with Crippen LogP contribution in [0.5, 0.6) is 0 Å². The van der Waals surface area contributed by atoms with Crippen LogP contribution in [0.25, 0.3) is 0 Å². The summed E-state index contributed by atoms with van der Waals surface area (Å²) in [6.07, 6.45) is 0. The Balaban J connectivity index is 3.07. The van der Waals surface area contributed by atoms with Crippen molar-refractivity contribution in [1.82, 2.24) is 0 Å². The van der Waals surface area contributed by atoms with Gasteiger partial charge in [0.15, 0.2) is 0 Å². The fourth-order valence-electron chi connectivity index (χ4n) is 0.919. The maximum Gasteiger partial charge on any atom is 0.142 e. The summed E-state index contributed by atoms with van der Waals surface area (Å²) < 4.78 is 12.8. The Morgan fingerprint density at radius 3 is 2.83 bits per heavy atom. The van der Waals surface area contributed by atoms with Crippen molar-refractivity contribution >= 4 is 11.6 Å². The van der Waals surface area contributed by atoms with Crippen LogP contribution >= 0.6 is 11.6 Å². The van der Waals surface area contributed by atoms with Gasteiger partial charge in [-0.05, 0) is 11.6 Å². The quantitative estimate of drug-likeness (QED) is 0.754. The lowest BCUT2D eigenvalue weighted by Gasteiger charge is -2.09. The number of aliphatic hydroxyl groups is 1. The maximum absolute atomic E-state index is 12.8. The number of hydrogen-bond acceptors (Lipinski definition) is 1. The zero-order valence-corrected chi connectivity index (χ0v) is 7.40. The Morgan fingerprint density at radius 1 is 1.58 bits per heavy atom. The van der Waals surface area contributed by atoms with Gasteiger partial charge in [-0.25, -0.2) is 4.39 Å². The SMILES string of the molecule is C[C](CO)c1cccc(F)c1Cl. The van der Waals surface area contributed by atoms with E-state index in [0.29, 0.717) is 11.5 Å². The Bertz CT molecular complexity index is 275. The van der Waals surface area contributed by atoms with E-state index >= 15 is 0 Å². The monoisotopic (exact) mass is 187 g/mol. The molecule has 0 saturated carbocycles. The van der Waals surface area contributed by atoms with Crippen LogP contribution in [0, 0.1) is 11.7 Å². The van der Waals surface area contributed by atoms with Gasteiger partial charge in [0.1, 0.15) is 5.82 Å². The molecule has 0 fully saturated rings. The first-order valence-corrected chi connectivity index (χ1v) is 3.92. The Labute approximate surface area is 75.8 Å². The van der Waals surface area contributed by atoms with Crippen LogP contribution in [0.1, 0.15) is 12.5 Å². The second-order valence-electron chi connectivity index (χ2n) is 2.54. The zero-order chi connectivity index (χ0) is 9.14. The molecule has 0 spiro atoms. The fourth-order valence-corrected chi connectivity index (χ4v) is 1.21. The van der Waals surface area contributed by atoms with Gasteiger partial charge in [0.25, 0.3) is 0 Å². The molecule has 0 unspecified atom stereocenters. The first-order valence-electron chi connectivity index (χ1n) is 3.54. The molecule has 0 bridgehead atoms. The van der Waals surface area contributed by atoms with E-state index in [4.69, 9.17) is 16.7 Å². The Hall–Kier alpha value is -0.600. The lowest BCUT2D eigenvalue weighted by Crippen LogP contribution is -2.01. The van der Waals surface area contributed by atoms with E-state index in [2.05, 4.69) is 0 Å². The molecule has 1 aromatic rings. The molecule has 0 heterocycles. The van der Waals surface area contributed by atoms with Crippen molar-refractivity contribution in [3.8, 4) is 0 Å². The first kappa shape index (κ1) is 9.49. The summed E-state index contributed by atoms with van der Waals surface area (Å²) in [7, 11) is 0. The van der Waals surface area contributed by atoms with Gasteiger partial charge in [0.2, 0.25) is 0 Å². The third kappa shape index (κ3) is 1.76. The minimum atomic E-state index is -0.457. The molecule has 12 heavy (non-hydrogen) atoms. The van der Waals surface area contributed by atoms with Crippen molar-refractivity contribution in [2.75, 3.05) is 6.61 Å². The molecule has 0 saturated heterocycles. The van der Waals surface area contributed by atoms with Gasteiger partial charge >= 0.3 is 0 Å². The minimum absolute atomic E-state index is 0.0732. The van der Waals surface area contributed by atoms with E-state index in [1.165, 1.54) is 6.07 Å². The number of hydrogen-bond donors (Lipinski definition) is 1. The van der Waals surface area contributed by atoms with Gasteiger partial charge in [-0.2, -0.15) is 0 Å². The molecule has 0 aliphatic rings. The summed E-state index contributed by atoms with van der Waals surface area (Å²) in [5.74, 6) is 0.210. The van der Waals surface area contributed by atoms with Crippen LogP contribution in [-0.2, 0) is 0 Å². The van der Waals surface area contributed by atoms with Crippen molar-refractivity contribution < 1.29 is 9.50 Å². The van der Waals surface area contributed by atoms with E-state index in [-0.39, 0.29) is 11.6 Å². The molecule has 1 rings (SSSR count). The fraction of sp³-hybridized carbons (Fsp3) is 0.222. The average Bonchev–Trinajstić information content (AvgIpc) is 2.08. The lowest BCUT2D eigenvalue weighted by molar-refractivity contribution is 0.315. The van der Waals surface area contributed by atoms with E-state index in [9.17, 15) is 4.39 Å². The molecular weight excluding hydrogens is 179 g/mol. The molecule has 0 aliphatic carbocycles. The topological polar surface area (TPSA) is 20.2 Å². The summed E-state index contributed by atoms with van der Waals surface area (Å²) in [6.45, 7) is 1.60. The highest BCUT2D eigenvalue weighted by molar-refractivity contribution is 6.31.